The van der Waals surface area contributed by atoms with Gasteiger partial charge in [0.2, 0.25) is 0 Å². The Balaban J connectivity index is 2.34. The molecule has 0 aliphatic carbocycles. The fourth-order valence-electron chi connectivity index (χ4n) is 1.78. The first-order valence-corrected chi connectivity index (χ1v) is 6.64. The molecule has 1 fully saturated rings. The van der Waals surface area contributed by atoms with Crippen LogP contribution in [-0.4, -0.2) is 16.6 Å². The second kappa shape index (κ2) is 3.87. The molecule has 76 valence electrons. The quantitative estimate of drug-likeness (QED) is 0.848. The average Bonchev–Trinajstić information content (AvgIpc) is 2.49. The van der Waals surface area contributed by atoms with Crippen molar-refractivity contribution in [3.63, 3.8) is 0 Å². The third-order valence-electron chi connectivity index (χ3n) is 2.85. The van der Waals surface area contributed by atoms with E-state index in [9.17, 15) is 5.11 Å². The summed E-state index contributed by atoms with van der Waals surface area (Å²) in [6.07, 6.45) is 0. The average molecular weight is 273 g/mol. The van der Waals surface area contributed by atoms with E-state index in [1.54, 1.807) is 0 Å². The second-order valence-electron chi connectivity index (χ2n) is 3.85. The molecule has 0 aromatic heterocycles. The van der Waals surface area contributed by atoms with Crippen LogP contribution in [0.1, 0.15) is 12.5 Å². The summed E-state index contributed by atoms with van der Waals surface area (Å²) in [4.78, 5) is 0. The Morgan fingerprint density at radius 2 is 2.07 bits per heavy atom. The van der Waals surface area contributed by atoms with Gasteiger partial charge in [-0.05, 0) is 29.4 Å². The highest BCUT2D eigenvalue weighted by Crippen LogP contribution is 2.41. The van der Waals surface area contributed by atoms with E-state index >= 15 is 0 Å². The highest BCUT2D eigenvalue weighted by atomic mass is 79.9. The van der Waals surface area contributed by atoms with Crippen LogP contribution in [0.4, 0.5) is 0 Å². The number of rotatable bonds is 1. The van der Waals surface area contributed by atoms with Crippen LogP contribution in [0, 0.1) is 5.92 Å². The number of hydrogen-bond donors (Lipinski definition) is 1. The van der Waals surface area contributed by atoms with Crippen molar-refractivity contribution in [2.24, 2.45) is 5.92 Å². The van der Waals surface area contributed by atoms with Crippen LogP contribution in [0.5, 0.6) is 0 Å². The van der Waals surface area contributed by atoms with Crippen LogP contribution >= 0.6 is 27.7 Å². The zero-order valence-electron chi connectivity index (χ0n) is 8.03. The maximum atomic E-state index is 10.5. The summed E-state index contributed by atoms with van der Waals surface area (Å²) in [5.74, 6) is 2.20. The Kier molecular flexibility index (Phi) is 2.91. The zero-order chi connectivity index (χ0) is 10.2. The van der Waals surface area contributed by atoms with Gasteiger partial charge < -0.3 is 5.11 Å². The van der Waals surface area contributed by atoms with Gasteiger partial charge in [0.05, 0.1) is 0 Å². The lowest BCUT2D eigenvalue weighted by molar-refractivity contribution is 0.0234. The van der Waals surface area contributed by atoms with Crippen LogP contribution in [0.2, 0.25) is 0 Å². The summed E-state index contributed by atoms with van der Waals surface area (Å²) in [5.41, 5.74) is 0.420. The number of halogens is 1. The summed E-state index contributed by atoms with van der Waals surface area (Å²) in [6.45, 7) is 2.11. The third-order valence-corrected chi connectivity index (χ3v) is 4.76. The maximum Gasteiger partial charge on any atom is 0.102 e. The van der Waals surface area contributed by atoms with Gasteiger partial charge in [-0.3, -0.25) is 0 Å². The Bertz CT molecular complexity index is 325. The van der Waals surface area contributed by atoms with Crippen molar-refractivity contribution in [2.45, 2.75) is 12.5 Å². The topological polar surface area (TPSA) is 20.2 Å². The lowest BCUT2D eigenvalue weighted by Gasteiger charge is -2.27. The number of benzene rings is 1. The van der Waals surface area contributed by atoms with E-state index in [0.717, 1.165) is 21.5 Å². The van der Waals surface area contributed by atoms with E-state index in [-0.39, 0.29) is 0 Å². The van der Waals surface area contributed by atoms with Gasteiger partial charge in [-0.2, -0.15) is 11.8 Å². The predicted molar refractivity (Wildman–Crippen MR) is 64.5 cm³/mol. The summed E-state index contributed by atoms with van der Waals surface area (Å²) in [5, 5.41) is 10.5. The highest BCUT2D eigenvalue weighted by Gasteiger charge is 2.40. The fourth-order valence-corrected chi connectivity index (χ4v) is 3.55. The first-order chi connectivity index (χ1) is 6.63. The molecule has 1 heterocycles. The minimum Gasteiger partial charge on any atom is -0.384 e. The molecule has 14 heavy (non-hydrogen) atoms. The van der Waals surface area contributed by atoms with E-state index < -0.39 is 5.60 Å². The summed E-state index contributed by atoms with van der Waals surface area (Å²) in [7, 11) is 0. The van der Waals surface area contributed by atoms with Gasteiger partial charge >= 0.3 is 0 Å². The van der Waals surface area contributed by atoms with Crippen LogP contribution in [0.25, 0.3) is 0 Å². The standard InChI is InChI=1S/C11H13BrOS/c1-8-6-14-7-11(8,13)9-2-4-10(12)5-3-9/h2-5,8,13H,6-7H2,1H3/t8-,11+/m1/s1. The Morgan fingerprint density at radius 3 is 2.57 bits per heavy atom. The molecule has 0 spiro atoms. The predicted octanol–water partition coefficient (Wildman–Crippen LogP) is 3.02. The molecule has 0 bridgehead atoms. The van der Waals surface area contributed by atoms with Gasteiger partial charge in [-0.15, -0.1) is 0 Å². The number of aliphatic hydroxyl groups is 1. The SMILES string of the molecule is C[C@@H]1CSC[C@@]1(O)c1ccc(Br)cc1. The minimum atomic E-state index is -0.620. The molecule has 0 radical (unpaired) electrons. The number of hydrogen-bond acceptors (Lipinski definition) is 2. The molecule has 1 aliphatic rings. The van der Waals surface area contributed by atoms with Crippen LogP contribution < -0.4 is 0 Å². The molecule has 1 aromatic carbocycles. The maximum absolute atomic E-state index is 10.5. The number of thioether (sulfide) groups is 1. The molecular weight excluding hydrogens is 260 g/mol. The lowest BCUT2D eigenvalue weighted by atomic mass is 9.85. The zero-order valence-corrected chi connectivity index (χ0v) is 10.4. The fraction of sp³-hybridized carbons (Fsp3) is 0.455. The normalized spacial score (nSPS) is 32.1. The van der Waals surface area contributed by atoms with Crippen molar-refractivity contribution in [3.05, 3.63) is 34.3 Å². The Hall–Kier alpha value is 0.01000. The second-order valence-corrected chi connectivity index (χ2v) is 5.79. The van der Waals surface area contributed by atoms with Gasteiger partial charge in [0.25, 0.3) is 0 Å². The van der Waals surface area contributed by atoms with Gasteiger partial charge in [0.15, 0.2) is 0 Å². The molecule has 2 atom stereocenters. The molecule has 1 aliphatic heterocycles. The van der Waals surface area contributed by atoms with Crippen molar-refractivity contribution in [1.82, 2.24) is 0 Å². The molecule has 0 amide bonds. The highest BCUT2D eigenvalue weighted by molar-refractivity contribution is 9.10. The first-order valence-electron chi connectivity index (χ1n) is 4.69. The monoisotopic (exact) mass is 272 g/mol. The van der Waals surface area contributed by atoms with Crippen molar-refractivity contribution in [3.8, 4) is 0 Å². The summed E-state index contributed by atoms with van der Waals surface area (Å²) in [6, 6.07) is 7.99. The van der Waals surface area contributed by atoms with E-state index in [1.807, 2.05) is 36.0 Å². The van der Waals surface area contributed by atoms with Crippen LogP contribution in [0.3, 0.4) is 0 Å². The van der Waals surface area contributed by atoms with Crippen LogP contribution in [0.15, 0.2) is 28.7 Å². The molecule has 1 aromatic rings. The smallest absolute Gasteiger partial charge is 0.102 e. The van der Waals surface area contributed by atoms with E-state index in [1.165, 1.54) is 0 Å². The molecular formula is C11H13BrOS. The third kappa shape index (κ3) is 1.73. The van der Waals surface area contributed by atoms with Crippen LogP contribution in [-0.2, 0) is 5.60 Å². The van der Waals surface area contributed by atoms with Gasteiger partial charge in [0.1, 0.15) is 5.60 Å². The van der Waals surface area contributed by atoms with Crippen molar-refractivity contribution in [1.29, 1.82) is 0 Å². The summed E-state index contributed by atoms with van der Waals surface area (Å²) < 4.78 is 1.06. The Labute approximate surface area is 97.0 Å². The van der Waals surface area contributed by atoms with Crippen molar-refractivity contribution < 1.29 is 5.11 Å². The molecule has 1 N–H and O–H groups in total. The molecule has 1 nitrogen and oxygen atoms in total. The van der Waals surface area contributed by atoms with E-state index in [2.05, 4.69) is 22.9 Å². The van der Waals surface area contributed by atoms with E-state index in [4.69, 9.17) is 0 Å². The van der Waals surface area contributed by atoms with Gasteiger partial charge in [-0.25, -0.2) is 0 Å². The molecule has 2 rings (SSSR count). The first kappa shape index (κ1) is 10.5. The largest absolute Gasteiger partial charge is 0.384 e. The Morgan fingerprint density at radius 1 is 1.43 bits per heavy atom. The molecule has 3 heteroatoms. The molecule has 1 saturated heterocycles. The van der Waals surface area contributed by atoms with Crippen molar-refractivity contribution in [2.75, 3.05) is 11.5 Å². The summed E-state index contributed by atoms with van der Waals surface area (Å²) >= 11 is 5.23. The van der Waals surface area contributed by atoms with Gasteiger partial charge in [0, 0.05) is 10.2 Å². The molecule has 0 unspecified atom stereocenters. The van der Waals surface area contributed by atoms with E-state index in [0.29, 0.717) is 5.92 Å². The molecule has 0 saturated carbocycles. The van der Waals surface area contributed by atoms with Gasteiger partial charge in [-0.1, -0.05) is 35.0 Å². The lowest BCUT2D eigenvalue weighted by Crippen LogP contribution is -2.32. The minimum absolute atomic E-state index is 0.341. The van der Waals surface area contributed by atoms with Crippen molar-refractivity contribution >= 4 is 27.7 Å².